The first-order valence-electron chi connectivity index (χ1n) is 6.47. The Hall–Kier alpha value is -2.51. The number of amides is 2. The molecule has 2 N–H and O–H groups in total. The Morgan fingerprint density at radius 1 is 1.19 bits per heavy atom. The lowest BCUT2D eigenvalue weighted by Crippen LogP contribution is -2.30. The smallest absolute Gasteiger partial charge is 0.319 e. The molecule has 0 saturated heterocycles. The Morgan fingerprint density at radius 3 is 2.62 bits per heavy atom. The summed E-state index contributed by atoms with van der Waals surface area (Å²) in [5.41, 5.74) is 2.28. The molecule has 0 spiro atoms. The number of nitriles is 1. The molecule has 0 saturated carbocycles. The van der Waals surface area contributed by atoms with E-state index in [-0.39, 0.29) is 6.03 Å². The third kappa shape index (κ3) is 4.83. The Kier molecular flexibility index (Phi) is 5.19. The normalized spacial score (nSPS) is 9.71. The van der Waals surface area contributed by atoms with Crippen molar-refractivity contribution in [3.63, 3.8) is 0 Å². The Bertz CT molecular complexity index is 662. The number of urea groups is 1. The highest BCUT2D eigenvalue weighted by atomic mass is 35.5. The summed E-state index contributed by atoms with van der Waals surface area (Å²) in [6.07, 6.45) is 0.710. The average Bonchev–Trinajstić information content (AvgIpc) is 2.48. The molecule has 0 aliphatic heterocycles. The zero-order valence-corrected chi connectivity index (χ0v) is 12.0. The molecule has 2 amide bonds. The maximum Gasteiger partial charge on any atom is 0.319 e. The van der Waals surface area contributed by atoms with Crippen molar-refractivity contribution in [1.82, 2.24) is 5.32 Å². The van der Waals surface area contributed by atoms with E-state index in [1.54, 1.807) is 24.3 Å². The summed E-state index contributed by atoms with van der Waals surface area (Å²) in [5, 5.41) is 14.9. The predicted octanol–water partition coefficient (Wildman–Crippen LogP) is 3.58. The summed E-state index contributed by atoms with van der Waals surface area (Å²) in [5.74, 6) is 0. The highest BCUT2D eigenvalue weighted by molar-refractivity contribution is 6.30. The van der Waals surface area contributed by atoms with Crippen molar-refractivity contribution in [3.05, 3.63) is 64.7 Å². The van der Waals surface area contributed by atoms with E-state index >= 15 is 0 Å². The molecule has 0 unspecified atom stereocenters. The van der Waals surface area contributed by atoms with E-state index in [0.29, 0.717) is 29.2 Å². The van der Waals surface area contributed by atoms with Crippen molar-refractivity contribution in [3.8, 4) is 6.07 Å². The second-order valence-corrected chi connectivity index (χ2v) is 4.89. The molecular formula is C16H14ClN3O. The van der Waals surface area contributed by atoms with Gasteiger partial charge in [-0.05, 0) is 48.4 Å². The van der Waals surface area contributed by atoms with E-state index in [4.69, 9.17) is 16.9 Å². The SMILES string of the molecule is N#Cc1ccc(NC(=O)NCCc2cccc(Cl)c2)cc1. The van der Waals surface area contributed by atoms with Crippen LogP contribution in [0.2, 0.25) is 5.02 Å². The molecule has 106 valence electrons. The third-order valence-corrected chi connectivity index (χ3v) is 3.10. The first kappa shape index (κ1) is 14.9. The fourth-order valence-corrected chi connectivity index (χ4v) is 2.03. The van der Waals surface area contributed by atoms with Gasteiger partial charge < -0.3 is 10.6 Å². The van der Waals surface area contributed by atoms with Gasteiger partial charge in [-0.3, -0.25) is 0 Å². The second kappa shape index (κ2) is 7.32. The number of carbonyl (C=O) groups is 1. The number of carbonyl (C=O) groups excluding carboxylic acids is 1. The van der Waals surface area contributed by atoms with Crippen molar-refractivity contribution < 1.29 is 4.79 Å². The van der Waals surface area contributed by atoms with E-state index < -0.39 is 0 Å². The molecule has 2 rings (SSSR count). The molecule has 0 atom stereocenters. The minimum Gasteiger partial charge on any atom is -0.338 e. The van der Waals surface area contributed by atoms with Crippen LogP contribution in [-0.2, 0) is 6.42 Å². The summed E-state index contributed by atoms with van der Waals surface area (Å²) >= 11 is 5.90. The van der Waals surface area contributed by atoms with Gasteiger partial charge in [-0.25, -0.2) is 4.79 Å². The van der Waals surface area contributed by atoms with E-state index in [0.717, 1.165) is 5.56 Å². The summed E-state index contributed by atoms with van der Waals surface area (Å²) in [4.78, 5) is 11.7. The maximum absolute atomic E-state index is 11.7. The number of halogens is 1. The molecule has 0 radical (unpaired) electrons. The van der Waals surface area contributed by atoms with E-state index in [2.05, 4.69) is 10.6 Å². The highest BCUT2D eigenvalue weighted by Gasteiger charge is 2.01. The Morgan fingerprint density at radius 2 is 1.95 bits per heavy atom. The van der Waals surface area contributed by atoms with Gasteiger partial charge >= 0.3 is 6.03 Å². The van der Waals surface area contributed by atoms with E-state index in [1.807, 2.05) is 30.3 Å². The van der Waals surface area contributed by atoms with Crippen LogP contribution in [0, 0.1) is 11.3 Å². The lowest BCUT2D eigenvalue weighted by Gasteiger charge is -2.08. The number of hydrogen-bond acceptors (Lipinski definition) is 2. The van der Waals surface area contributed by atoms with Crippen LogP contribution in [0.15, 0.2) is 48.5 Å². The van der Waals surface area contributed by atoms with Crippen LogP contribution in [0.4, 0.5) is 10.5 Å². The molecule has 0 fully saturated rings. The Labute approximate surface area is 128 Å². The number of benzene rings is 2. The lowest BCUT2D eigenvalue weighted by molar-refractivity contribution is 0.252. The summed E-state index contributed by atoms with van der Waals surface area (Å²) in [7, 11) is 0. The molecule has 4 nitrogen and oxygen atoms in total. The number of hydrogen-bond donors (Lipinski definition) is 2. The van der Waals surface area contributed by atoms with Crippen molar-refractivity contribution in [2.24, 2.45) is 0 Å². The molecule has 0 heterocycles. The minimum absolute atomic E-state index is 0.276. The monoisotopic (exact) mass is 299 g/mol. The third-order valence-electron chi connectivity index (χ3n) is 2.86. The van der Waals surface area contributed by atoms with E-state index in [9.17, 15) is 4.79 Å². The van der Waals surface area contributed by atoms with Gasteiger partial charge in [0, 0.05) is 17.3 Å². The van der Waals surface area contributed by atoms with Crippen LogP contribution in [0.5, 0.6) is 0 Å². The van der Waals surface area contributed by atoms with Crippen LogP contribution in [0.3, 0.4) is 0 Å². The van der Waals surface area contributed by atoms with Gasteiger partial charge in [0.25, 0.3) is 0 Å². The van der Waals surface area contributed by atoms with Crippen LogP contribution < -0.4 is 10.6 Å². The summed E-state index contributed by atoms with van der Waals surface area (Å²) in [6, 6.07) is 16.0. The van der Waals surface area contributed by atoms with Gasteiger partial charge in [0.2, 0.25) is 0 Å². The maximum atomic E-state index is 11.7. The molecule has 0 aliphatic rings. The predicted molar refractivity (Wildman–Crippen MR) is 83.3 cm³/mol. The largest absolute Gasteiger partial charge is 0.338 e. The van der Waals surface area contributed by atoms with Crippen molar-refractivity contribution >= 4 is 23.3 Å². The minimum atomic E-state index is -0.276. The van der Waals surface area contributed by atoms with Crippen molar-refractivity contribution in [2.75, 3.05) is 11.9 Å². The number of anilines is 1. The van der Waals surface area contributed by atoms with Crippen LogP contribution in [0.25, 0.3) is 0 Å². The second-order valence-electron chi connectivity index (χ2n) is 4.45. The molecule has 2 aromatic rings. The fourth-order valence-electron chi connectivity index (χ4n) is 1.82. The number of rotatable bonds is 4. The zero-order chi connectivity index (χ0) is 15.1. The van der Waals surface area contributed by atoms with Crippen LogP contribution in [0.1, 0.15) is 11.1 Å². The fraction of sp³-hybridized carbons (Fsp3) is 0.125. The van der Waals surface area contributed by atoms with Crippen LogP contribution >= 0.6 is 11.6 Å². The lowest BCUT2D eigenvalue weighted by atomic mass is 10.1. The molecule has 0 aliphatic carbocycles. The van der Waals surface area contributed by atoms with Crippen molar-refractivity contribution in [1.29, 1.82) is 5.26 Å². The average molecular weight is 300 g/mol. The Balaban J connectivity index is 1.78. The molecule has 2 aromatic carbocycles. The molecule has 5 heteroatoms. The zero-order valence-electron chi connectivity index (χ0n) is 11.3. The summed E-state index contributed by atoms with van der Waals surface area (Å²) < 4.78 is 0. The molecule has 21 heavy (non-hydrogen) atoms. The summed E-state index contributed by atoms with van der Waals surface area (Å²) in [6.45, 7) is 0.516. The standard InChI is InChI=1S/C16H14ClN3O/c17-14-3-1-2-12(10-14)8-9-19-16(21)20-15-6-4-13(11-18)5-7-15/h1-7,10H,8-9H2,(H2,19,20,21). The molecule has 0 aromatic heterocycles. The number of nitrogens with zero attached hydrogens (tertiary/aromatic N) is 1. The first-order valence-corrected chi connectivity index (χ1v) is 6.84. The van der Waals surface area contributed by atoms with Gasteiger partial charge in [0.1, 0.15) is 0 Å². The first-order chi connectivity index (χ1) is 10.2. The van der Waals surface area contributed by atoms with Gasteiger partial charge in [0.05, 0.1) is 11.6 Å². The highest BCUT2D eigenvalue weighted by Crippen LogP contribution is 2.11. The molecular weight excluding hydrogens is 286 g/mol. The van der Waals surface area contributed by atoms with Gasteiger partial charge in [-0.1, -0.05) is 23.7 Å². The van der Waals surface area contributed by atoms with Gasteiger partial charge in [-0.15, -0.1) is 0 Å². The van der Waals surface area contributed by atoms with Gasteiger partial charge in [0.15, 0.2) is 0 Å². The van der Waals surface area contributed by atoms with Gasteiger partial charge in [-0.2, -0.15) is 5.26 Å². The quantitative estimate of drug-likeness (QED) is 0.906. The van der Waals surface area contributed by atoms with E-state index in [1.165, 1.54) is 0 Å². The molecule has 0 bridgehead atoms. The topological polar surface area (TPSA) is 64.9 Å². The number of nitrogens with one attached hydrogen (secondary N) is 2. The van der Waals surface area contributed by atoms with Crippen molar-refractivity contribution in [2.45, 2.75) is 6.42 Å². The van der Waals surface area contributed by atoms with Crippen LogP contribution in [-0.4, -0.2) is 12.6 Å².